The number of aliphatic hydroxyl groups excluding tert-OH is 1. The van der Waals surface area contributed by atoms with Crippen LogP contribution in [0.5, 0.6) is 5.75 Å². The van der Waals surface area contributed by atoms with Crippen LogP contribution in [0.25, 0.3) is 22.4 Å². The first-order valence-electron chi connectivity index (χ1n) is 6.57. The van der Waals surface area contributed by atoms with Gasteiger partial charge in [-0.3, -0.25) is 0 Å². The molecule has 0 fully saturated rings. The summed E-state index contributed by atoms with van der Waals surface area (Å²) in [6.07, 6.45) is 0. The van der Waals surface area contributed by atoms with Crippen molar-refractivity contribution in [2.24, 2.45) is 0 Å². The van der Waals surface area contributed by atoms with Gasteiger partial charge in [0.05, 0.1) is 23.2 Å². The third-order valence-corrected chi connectivity index (χ3v) is 3.37. The zero-order valence-electron chi connectivity index (χ0n) is 11.2. The lowest BCUT2D eigenvalue weighted by Gasteiger charge is -2.09. The van der Waals surface area contributed by atoms with Crippen molar-refractivity contribution in [3.05, 3.63) is 48.0 Å². The van der Waals surface area contributed by atoms with Gasteiger partial charge in [-0.2, -0.15) is 0 Å². The van der Waals surface area contributed by atoms with Gasteiger partial charge in [-0.05, 0) is 31.2 Å². The van der Waals surface area contributed by atoms with Crippen LogP contribution < -0.4 is 0 Å². The number of aryl methyl sites for hydroxylation is 1. The molecule has 4 heteroatoms. The van der Waals surface area contributed by atoms with Gasteiger partial charge in [0.15, 0.2) is 0 Å². The molecule has 0 radical (unpaired) electrons. The number of aromatic nitrogens is 2. The van der Waals surface area contributed by atoms with Crippen LogP contribution in [0.15, 0.2) is 42.5 Å². The molecule has 0 amide bonds. The number of fused-ring (bicyclic) bond motifs is 1. The minimum absolute atomic E-state index is 0.0277. The molecular formula is C16H16N2O2. The maximum absolute atomic E-state index is 10.1. The SMILES string of the molecule is Cc1ccc(O)c(-c2nc3ccccc3n2CCO)c1. The fraction of sp³-hybridized carbons (Fsp3) is 0.188. The van der Waals surface area contributed by atoms with Gasteiger partial charge in [0.2, 0.25) is 0 Å². The summed E-state index contributed by atoms with van der Waals surface area (Å²) in [4.78, 5) is 4.60. The molecule has 0 saturated heterocycles. The number of para-hydroxylation sites is 2. The fourth-order valence-electron chi connectivity index (χ4n) is 2.44. The molecule has 1 heterocycles. The Morgan fingerprint density at radius 3 is 2.75 bits per heavy atom. The number of phenolic OH excluding ortho intramolecular Hbond substituents is 1. The van der Waals surface area contributed by atoms with Crippen LogP contribution in [-0.2, 0) is 6.54 Å². The lowest BCUT2D eigenvalue weighted by Crippen LogP contribution is -2.04. The van der Waals surface area contributed by atoms with E-state index in [2.05, 4.69) is 4.98 Å². The van der Waals surface area contributed by atoms with Crippen molar-refractivity contribution in [1.29, 1.82) is 0 Å². The second kappa shape index (κ2) is 4.98. The summed E-state index contributed by atoms with van der Waals surface area (Å²) in [7, 11) is 0. The Morgan fingerprint density at radius 2 is 1.95 bits per heavy atom. The molecule has 0 bridgehead atoms. The Morgan fingerprint density at radius 1 is 1.15 bits per heavy atom. The van der Waals surface area contributed by atoms with E-state index >= 15 is 0 Å². The van der Waals surface area contributed by atoms with Crippen LogP contribution in [-0.4, -0.2) is 26.4 Å². The molecule has 4 nitrogen and oxygen atoms in total. The van der Waals surface area contributed by atoms with Crippen molar-refractivity contribution >= 4 is 11.0 Å². The minimum Gasteiger partial charge on any atom is -0.507 e. The summed E-state index contributed by atoms with van der Waals surface area (Å²) in [5.41, 5.74) is 3.56. The molecule has 20 heavy (non-hydrogen) atoms. The Kier molecular flexibility index (Phi) is 3.16. The molecule has 0 atom stereocenters. The van der Waals surface area contributed by atoms with Gasteiger partial charge in [0.1, 0.15) is 11.6 Å². The maximum Gasteiger partial charge on any atom is 0.144 e. The second-order valence-electron chi connectivity index (χ2n) is 4.82. The van der Waals surface area contributed by atoms with E-state index in [0.29, 0.717) is 17.9 Å². The average molecular weight is 268 g/mol. The van der Waals surface area contributed by atoms with Gasteiger partial charge >= 0.3 is 0 Å². The molecule has 3 aromatic rings. The molecule has 0 spiro atoms. The van der Waals surface area contributed by atoms with E-state index in [-0.39, 0.29) is 12.4 Å². The third kappa shape index (κ3) is 2.04. The van der Waals surface area contributed by atoms with Crippen LogP contribution in [0.3, 0.4) is 0 Å². The normalized spacial score (nSPS) is 11.1. The van der Waals surface area contributed by atoms with E-state index in [1.807, 2.05) is 47.9 Å². The monoisotopic (exact) mass is 268 g/mol. The number of phenols is 1. The van der Waals surface area contributed by atoms with Crippen molar-refractivity contribution in [1.82, 2.24) is 9.55 Å². The number of aliphatic hydroxyl groups is 1. The molecule has 0 aliphatic rings. The zero-order chi connectivity index (χ0) is 14.1. The van der Waals surface area contributed by atoms with Crippen molar-refractivity contribution < 1.29 is 10.2 Å². The molecule has 0 aliphatic heterocycles. The Hall–Kier alpha value is -2.33. The summed E-state index contributed by atoms with van der Waals surface area (Å²) < 4.78 is 1.93. The lowest BCUT2D eigenvalue weighted by atomic mass is 10.1. The number of nitrogens with zero attached hydrogens (tertiary/aromatic N) is 2. The first kappa shape index (κ1) is 12.7. The standard InChI is InChI=1S/C16H16N2O2/c1-11-6-7-15(20)12(10-11)16-17-13-4-2-3-5-14(13)18(16)8-9-19/h2-7,10,19-20H,8-9H2,1H3. The van der Waals surface area contributed by atoms with Crippen LogP contribution in [0.4, 0.5) is 0 Å². The highest BCUT2D eigenvalue weighted by molar-refractivity contribution is 5.82. The summed E-state index contributed by atoms with van der Waals surface area (Å²) in [6, 6.07) is 13.2. The van der Waals surface area contributed by atoms with E-state index < -0.39 is 0 Å². The summed E-state index contributed by atoms with van der Waals surface area (Å²) in [6.45, 7) is 2.45. The van der Waals surface area contributed by atoms with Crippen molar-refractivity contribution in [2.75, 3.05) is 6.61 Å². The number of hydrogen-bond donors (Lipinski definition) is 2. The van der Waals surface area contributed by atoms with Crippen LogP contribution >= 0.6 is 0 Å². The molecule has 1 aromatic heterocycles. The molecule has 3 rings (SSSR count). The third-order valence-electron chi connectivity index (χ3n) is 3.37. The predicted molar refractivity (Wildman–Crippen MR) is 78.7 cm³/mol. The van der Waals surface area contributed by atoms with Gasteiger partial charge in [0.25, 0.3) is 0 Å². The van der Waals surface area contributed by atoms with Crippen LogP contribution in [0.1, 0.15) is 5.56 Å². The van der Waals surface area contributed by atoms with E-state index in [9.17, 15) is 10.2 Å². The molecule has 0 unspecified atom stereocenters. The highest BCUT2D eigenvalue weighted by Crippen LogP contribution is 2.31. The Bertz CT molecular complexity index is 762. The second-order valence-corrected chi connectivity index (χ2v) is 4.82. The quantitative estimate of drug-likeness (QED) is 0.768. The van der Waals surface area contributed by atoms with Crippen molar-refractivity contribution in [3.63, 3.8) is 0 Å². The highest BCUT2D eigenvalue weighted by Gasteiger charge is 2.15. The Labute approximate surface area is 116 Å². The molecule has 0 saturated carbocycles. The highest BCUT2D eigenvalue weighted by atomic mass is 16.3. The predicted octanol–water partition coefficient (Wildman–Crippen LogP) is 2.71. The van der Waals surface area contributed by atoms with E-state index in [4.69, 9.17) is 0 Å². The number of imidazole rings is 1. The fourth-order valence-corrected chi connectivity index (χ4v) is 2.44. The smallest absolute Gasteiger partial charge is 0.144 e. The first-order chi connectivity index (χ1) is 9.70. The van der Waals surface area contributed by atoms with E-state index in [1.165, 1.54) is 0 Å². The average Bonchev–Trinajstić information content (AvgIpc) is 2.81. The number of aromatic hydroxyl groups is 1. The molecule has 2 aromatic carbocycles. The Balaban J connectivity index is 2.29. The van der Waals surface area contributed by atoms with Gasteiger partial charge in [-0.25, -0.2) is 4.98 Å². The minimum atomic E-state index is 0.0277. The first-order valence-corrected chi connectivity index (χ1v) is 6.57. The van der Waals surface area contributed by atoms with Gasteiger partial charge < -0.3 is 14.8 Å². The lowest BCUT2D eigenvalue weighted by molar-refractivity contribution is 0.278. The van der Waals surface area contributed by atoms with Gasteiger partial charge in [-0.15, -0.1) is 0 Å². The molecule has 0 aliphatic carbocycles. The molecule has 2 N–H and O–H groups in total. The summed E-state index contributed by atoms with van der Waals surface area (Å²) in [5.74, 6) is 0.881. The van der Waals surface area contributed by atoms with Crippen molar-refractivity contribution in [2.45, 2.75) is 13.5 Å². The van der Waals surface area contributed by atoms with Gasteiger partial charge in [0, 0.05) is 6.54 Å². The van der Waals surface area contributed by atoms with Crippen molar-refractivity contribution in [3.8, 4) is 17.1 Å². The van der Waals surface area contributed by atoms with E-state index in [1.54, 1.807) is 6.07 Å². The molecular weight excluding hydrogens is 252 g/mol. The summed E-state index contributed by atoms with van der Waals surface area (Å²) in [5, 5.41) is 19.4. The van der Waals surface area contributed by atoms with Crippen LogP contribution in [0.2, 0.25) is 0 Å². The largest absolute Gasteiger partial charge is 0.507 e. The van der Waals surface area contributed by atoms with Crippen LogP contribution in [0, 0.1) is 6.92 Å². The summed E-state index contributed by atoms with van der Waals surface area (Å²) >= 11 is 0. The zero-order valence-corrected chi connectivity index (χ0v) is 11.2. The topological polar surface area (TPSA) is 58.3 Å². The van der Waals surface area contributed by atoms with Gasteiger partial charge in [-0.1, -0.05) is 23.8 Å². The number of hydrogen-bond acceptors (Lipinski definition) is 3. The maximum atomic E-state index is 10.1. The number of benzene rings is 2. The van der Waals surface area contributed by atoms with E-state index in [0.717, 1.165) is 16.6 Å². The molecule has 102 valence electrons. The number of rotatable bonds is 3.